The second-order valence-corrected chi connectivity index (χ2v) is 4.36. The van der Waals surface area contributed by atoms with E-state index in [9.17, 15) is 0 Å². The van der Waals surface area contributed by atoms with Crippen LogP contribution in [0.5, 0.6) is 0 Å². The summed E-state index contributed by atoms with van der Waals surface area (Å²) in [6, 6.07) is 8.60. The molecule has 0 fully saturated rings. The van der Waals surface area contributed by atoms with Crippen molar-refractivity contribution in [3.05, 3.63) is 36.1 Å². The predicted octanol–water partition coefficient (Wildman–Crippen LogP) is 3.36. The Morgan fingerprint density at radius 1 is 1.38 bits per heavy atom. The third-order valence-corrected chi connectivity index (χ3v) is 3.47. The zero-order valence-corrected chi connectivity index (χ0v) is 10.3. The molecule has 1 aromatic heterocycles. The maximum Gasteiger partial charge on any atom is 0.134 e. The quantitative estimate of drug-likeness (QED) is 0.825. The highest BCUT2D eigenvalue weighted by Crippen LogP contribution is 2.25. The van der Waals surface area contributed by atoms with Crippen LogP contribution in [0.1, 0.15) is 18.4 Å². The number of likely N-dealkylation sites (N-methyl/N-ethyl adjacent to an activating group) is 1. The number of furan rings is 1. The molecule has 0 aliphatic rings. The van der Waals surface area contributed by atoms with Crippen molar-refractivity contribution < 1.29 is 4.42 Å². The van der Waals surface area contributed by atoms with Gasteiger partial charge in [-0.2, -0.15) is 0 Å². The average molecular weight is 238 g/mol. The Hall–Kier alpha value is -0.990. The molecule has 0 bridgehead atoms. The number of hydrogen-bond acceptors (Lipinski definition) is 2. The van der Waals surface area contributed by atoms with Crippen molar-refractivity contribution in [2.45, 2.75) is 18.9 Å². The largest absolute Gasteiger partial charge is 0.464 e. The highest BCUT2D eigenvalue weighted by Gasteiger charge is 2.17. The van der Waals surface area contributed by atoms with Gasteiger partial charge in [0.25, 0.3) is 0 Å². The molecule has 0 radical (unpaired) electrons. The lowest BCUT2D eigenvalue weighted by molar-refractivity contribution is 0.527. The van der Waals surface area contributed by atoms with Crippen LogP contribution < -0.4 is 5.32 Å². The van der Waals surface area contributed by atoms with Crippen molar-refractivity contribution in [3.63, 3.8) is 0 Å². The van der Waals surface area contributed by atoms with Gasteiger partial charge in [0.05, 0.1) is 6.26 Å². The van der Waals surface area contributed by atoms with Crippen LogP contribution in [0, 0.1) is 0 Å². The highest BCUT2D eigenvalue weighted by atomic mass is 35.5. The lowest BCUT2D eigenvalue weighted by Gasteiger charge is -2.21. The van der Waals surface area contributed by atoms with Crippen LogP contribution in [0.4, 0.5) is 0 Å². The molecule has 1 aromatic carbocycles. The van der Waals surface area contributed by atoms with E-state index in [1.165, 1.54) is 5.56 Å². The van der Waals surface area contributed by atoms with Gasteiger partial charge in [-0.15, -0.1) is 11.6 Å². The molecule has 2 unspecified atom stereocenters. The minimum atomic E-state index is 0.307. The van der Waals surface area contributed by atoms with Crippen LogP contribution in [-0.4, -0.2) is 19.0 Å². The summed E-state index contributed by atoms with van der Waals surface area (Å²) in [5, 5.41) is 4.37. The van der Waals surface area contributed by atoms with E-state index in [1.54, 1.807) is 6.26 Å². The summed E-state index contributed by atoms with van der Waals surface area (Å²) in [5.74, 6) is 0.912. The molecule has 86 valence electrons. The second-order valence-electron chi connectivity index (χ2n) is 4.06. The highest BCUT2D eigenvalue weighted by molar-refractivity contribution is 6.18. The van der Waals surface area contributed by atoms with Crippen molar-refractivity contribution >= 4 is 22.6 Å². The maximum absolute atomic E-state index is 6.03. The Labute approximate surface area is 101 Å². The number of rotatable bonds is 4. The van der Waals surface area contributed by atoms with Gasteiger partial charge in [-0.3, -0.25) is 0 Å². The van der Waals surface area contributed by atoms with Gasteiger partial charge in [0.2, 0.25) is 0 Å². The van der Waals surface area contributed by atoms with Gasteiger partial charge in [0.15, 0.2) is 0 Å². The standard InChI is InChI=1S/C13H16ClNO/c1-9(15-2)12(8-14)11-4-3-10-5-6-16-13(10)7-11/h3-7,9,12,15H,8H2,1-2H3. The summed E-state index contributed by atoms with van der Waals surface area (Å²) in [6.07, 6.45) is 1.71. The third-order valence-electron chi connectivity index (χ3n) is 3.13. The first-order valence-corrected chi connectivity index (χ1v) is 6.00. The molecule has 2 aromatic rings. The van der Waals surface area contributed by atoms with E-state index in [2.05, 4.69) is 30.4 Å². The number of nitrogens with one attached hydrogen (secondary N) is 1. The molecule has 2 rings (SSSR count). The first-order chi connectivity index (χ1) is 7.76. The summed E-state index contributed by atoms with van der Waals surface area (Å²) < 4.78 is 5.40. The molecule has 0 aliphatic carbocycles. The van der Waals surface area contributed by atoms with E-state index >= 15 is 0 Å². The van der Waals surface area contributed by atoms with Gasteiger partial charge in [-0.1, -0.05) is 12.1 Å². The SMILES string of the molecule is CNC(C)C(CCl)c1ccc2ccoc2c1. The molecule has 0 amide bonds. The lowest BCUT2D eigenvalue weighted by Crippen LogP contribution is -2.29. The molecule has 0 saturated heterocycles. The molecular weight excluding hydrogens is 222 g/mol. The molecule has 0 saturated carbocycles. The second kappa shape index (κ2) is 4.89. The minimum Gasteiger partial charge on any atom is -0.464 e. The van der Waals surface area contributed by atoms with E-state index < -0.39 is 0 Å². The number of alkyl halides is 1. The molecule has 2 atom stereocenters. The fraction of sp³-hybridized carbons (Fsp3) is 0.385. The van der Waals surface area contributed by atoms with Crippen LogP contribution in [0.15, 0.2) is 34.9 Å². The third kappa shape index (κ3) is 2.08. The molecule has 3 heteroatoms. The summed E-state index contributed by atoms with van der Waals surface area (Å²) in [6.45, 7) is 2.14. The summed E-state index contributed by atoms with van der Waals surface area (Å²) >= 11 is 6.03. The average Bonchev–Trinajstić information content (AvgIpc) is 2.77. The molecule has 1 N–H and O–H groups in total. The summed E-state index contributed by atoms with van der Waals surface area (Å²) in [7, 11) is 1.95. The normalized spacial score (nSPS) is 15.2. The summed E-state index contributed by atoms with van der Waals surface area (Å²) in [5.41, 5.74) is 2.15. The van der Waals surface area contributed by atoms with Crippen LogP contribution in [0.3, 0.4) is 0 Å². The zero-order valence-electron chi connectivity index (χ0n) is 9.53. The smallest absolute Gasteiger partial charge is 0.134 e. The first kappa shape index (κ1) is 11.5. The van der Waals surface area contributed by atoms with Gasteiger partial charge in [0.1, 0.15) is 5.58 Å². The van der Waals surface area contributed by atoms with Crippen molar-refractivity contribution in [1.29, 1.82) is 0 Å². The van der Waals surface area contributed by atoms with Crippen LogP contribution in [0.25, 0.3) is 11.0 Å². The van der Waals surface area contributed by atoms with E-state index in [4.69, 9.17) is 16.0 Å². The van der Waals surface area contributed by atoms with Gasteiger partial charge in [-0.05, 0) is 31.7 Å². The molecule has 1 heterocycles. The van der Waals surface area contributed by atoms with Crippen LogP contribution in [-0.2, 0) is 0 Å². The minimum absolute atomic E-state index is 0.307. The van der Waals surface area contributed by atoms with Crippen LogP contribution in [0.2, 0.25) is 0 Å². The van der Waals surface area contributed by atoms with E-state index in [-0.39, 0.29) is 0 Å². The fourth-order valence-corrected chi connectivity index (χ4v) is 2.36. The van der Waals surface area contributed by atoms with Crippen molar-refractivity contribution in [3.8, 4) is 0 Å². The zero-order chi connectivity index (χ0) is 11.5. The molecule has 16 heavy (non-hydrogen) atoms. The lowest BCUT2D eigenvalue weighted by atomic mass is 9.94. The number of hydrogen-bond donors (Lipinski definition) is 1. The van der Waals surface area contributed by atoms with Crippen molar-refractivity contribution in [2.75, 3.05) is 12.9 Å². The molecule has 0 spiro atoms. The molecule has 2 nitrogen and oxygen atoms in total. The van der Waals surface area contributed by atoms with Gasteiger partial charge in [-0.25, -0.2) is 0 Å². The van der Waals surface area contributed by atoms with E-state index in [0.717, 1.165) is 11.0 Å². The topological polar surface area (TPSA) is 25.2 Å². The molecular formula is C13H16ClNO. The van der Waals surface area contributed by atoms with Gasteiger partial charge >= 0.3 is 0 Å². The monoisotopic (exact) mass is 237 g/mol. The number of halogens is 1. The molecule has 0 aliphatic heterocycles. The first-order valence-electron chi connectivity index (χ1n) is 5.46. The van der Waals surface area contributed by atoms with Gasteiger partial charge < -0.3 is 9.73 Å². The van der Waals surface area contributed by atoms with E-state index in [0.29, 0.717) is 17.8 Å². The van der Waals surface area contributed by atoms with E-state index in [1.807, 2.05) is 13.1 Å². The Balaban J connectivity index is 2.36. The van der Waals surface area contributed by atoms with Crippen LogP contribution >= 0.6 is 11.6 Å². The van der Waals surface area contributed by atoms with Crippen molar-refractivity contribution in [1.82, 2.24) is 5.32 Å². The van der Waals surface area contributed by atoms with Gasteiger partial charge in [0, 0.05) is 23.2 Å². The van der Waals surface area contributed by atoms with Crippen molar-refractivity contribution in [2.24, 2.45) is 0 Å². The maximum atomic E-state index is 6.03. The fourth-order valence-electron chi connectivity index (χ4n) is 1.91. The number of benzene rings is 1. The predicted molar refractivity (Wildman–Crippen MR) is 68.2 cm³/mol. The Kier molecular flexibility index (Phi) is 3.52. The Morgan fingerprint density at radius 3 is 2.88 bits per heavy atom. The Bertz CT molecular complexity index is 466. The summed E-state index contributed by atoms with van der Waals surface area (Å²) in [4.78, 5) is 0. The Morgan fingerprint density at radius 2 is 2.19 bits per heavy atom. The number of fused-ring (bicyclic) bond motifs is 1.